The largest absolute Gasteiger partial charge is 0.480 e. The highest BCUT2D eigenvalue weighted by Crippen LogP contribution is 2.06. The fourth-order valence-electron chi connectivity index (χ4n) is 1.74. The van der Waals surface area contributed by atoms with Gasteiger partial charge in [0.2, 0.25) is 5.91 Å². The minimum atomic E-state index is -1.03. The summed E-state index contributed by atoms with van der Waals surface area (Å²) in [5.41, 5.74) is 6.26. The van der Waals surface area contributed by atoms with Crippen molar-refractivity contribution in [1.29, 1.82) is 0 Å². The van der Waals surface area contributed by atoms with E-state index in [0.29, 0.717) is 13.0 Å². The van der Waals surface area contributed by atoms with Gasteiger partial charge in [-0.3, -0.25) is 4.79 Å². The van der Waals surface area contributed by atoms with Gasteiger partial charge in [0.1, 0.15) is 6.04 Å². The summed E-state index contributed by atoms with van der Waals surface area (Å²) in [7, 11) is 0. The quantitative estimate of drug-likeness (QED) is 0.678. The molecule has 0 aliphatic rings. The maximum absolute atomic E-state index is 11.8. The zero-order valence-electron chi connectivity index (χ0n) is 11.0. The number of carbonyl (C=O) groups is 2. The van der Waals surface area contributed by atoms with E-state index in [1.54, 1.807) is 6.92 Å². The van der Waals surface area contributed by atoms with Crippen molar-refractivity contribution in [3.05, 3.63) is 35.9 Å². The summed E-state index contributed by atoms with van der Waals surface area (Å²) in [5.74, 6) is -1.58. The Bertz CT molecular complexity index is 420. The minimum absolute atomic E-state index is 0.270. The monoisotopic (exact) mass is 264 g/mol. The van der Waals surface area contributed by atoms with Gasteiger partial charge < -0.3 is 16.2 Å². The summed E-state index contributed by atoms with van der Waals surface area (Å²) in [5, 5.41) is 11.7. The van der Waals surface area contributed by atoms with E-state index in [2.05, 4.69) is 5.32 Å². The van der Waals surface area contributed by atoms with E-state index in [0.717, 1.165) is 5.56 Å². The number of nitrogens with two attached hydrogens (primary N) is 1. The van der Waals surface area contributed by atoms with Gasteiger partial charge in [-0.2, -0.15) is 0 Å². The SMILES string of the molecule is CC(CCN)C(=O)NC(Cc1ccccc1)C(=O)O. The van der Waals surface area contributed by atoms with Crippen molar-refractivity contribution in [2.45, 2.75) is 25.8 Å². The molecule has 0 aromatic heterocycles. The maximum Gasteiger partial charge on any atom is 0.326 e. The zero-order chi connectivity index (χ0) is 14.3. The number of nitrogens with one attached hydrogen (secondary N) is 1. The number of carboxylic acid groups (broad SMARTS) is 1. The van der Waals surface area contributed by atoms with Crippen LogP contribution in [0.4, 0.5) is 0 Å². The van der Waals surface area contributed by atoms with Crippen LogP contribution in [0.3, 0.4) is 0 Å². The molecule has 5 heteroatoms. The molecule has 5 nitrogen and oxygen atoms in total. The molecular weight excluding hydrogens is 244 g/mol. The predicted octanol–water partition coefficient (Wildman–Crippen LogP) is 0.783. The van der Waals surface area contributed by atoms with Crippen molar-refractivity contribution >= 4 is 11.9 Å². The lowest BCUT2D eigenvalue weighted by Gasteiger charge is -2.17. The molecule has 2 unspecified atom stereocenters. The molecule has 1 rings (SSSR count). The summed E-state index contributed by atoms with van der Waals surface area (Å²) in [6.45, 7) is 2.15. The maximum atomic E-state index is 11.8. The molecule has 0 radical (unpaired) electrons. The van der Waals surface area contributed by atoms with Gasteiger partial charge in [0.05, 0.1) is 0 Å². The molecule has 4 N–H and O–H groups in total. The molecule has 104 valence electrons. The molecule has 0 bridgehead atoms. The summed E-state index contributed by atoms with van der Waals surface area (Å²) in [6, 6.07) is 8.31. The molecule has 0 heterocycles. The smallest absolute Gasteiger partial charge is 0.326 e. The number of hydrogen-bond donors (Lipinski definition) is 3. The average molecular weight is 264 g/mol. The van der Waals surface area contributed by atoms with Crippen molar-refractivity contribution in [3.63, 3.8) is 0 Å². The third-order valence-electron chi connectivity index (χ3n) is 2.94. The van der Waals surface area contributed by atoms with Crippen LogP contribution in [0.1, 0.15) is 18.9 Å². The fraction of sp³-hybridized carbons (Fsp3) is 0.429. The van der Waals surface area contributed by atoms with Crippen LogP contribution in [0.5, 0.6) is 0 Å². The fourth-order valence-corrected chi connectivity index (χ4v) is 1.74. The molecule has 1 aromatic rings. The van der Waals surface area contributed by atoms with Gasteiger partial charge in [-0.05, 0) is 18.5 Å². The van der Waals surface area contributed by atoms with Gasteiger partial charge in [-0.25, -0.2) is 4.79 Å². The third-order valence-corrected chi connectivity index (χ3v) is 2.94. The van der Waals surface area contributed by atoms with Gasteiger partial charge in [0.15, 0.2) is 0 Å². The second-order valence-corrected chi connectivity index (χ2v) is 4.57. The van der Waals surface area contributed by atoms with Gasteiger partial charge >= 0.3 is 5.97 Å². The minimum Gasteiger partial charge on any atom is -0.480 e. The van der Waals surface area contributed by atoms with Gasteiger partial charge in [0, 0.05) is 12.3 Å². The van der Waals surface area contributed by atoms with Crippen molar-refractivity contribution in [3.8, 4) is 0 Å². The van der Waals surface area contributed by atoms with Gasteiger partial charge in [0.25, 0.3) is 0 Å². The lowest BCUT2D eigenvalue weighted by atomic mass is 10.0. The van der Waals surface area contributed by atoms with Crippen molar-refractivity contribution < 1.29 is 14.7 Å². The second-order valence-electron chi connectivity index (χ2n) is 4.57. The summed E-state index contributed by atoms with van der Waals surface area (Å²) >= 11 is 0. The van der Waals surface area contributed by atoms with Crippen LogP contribution in [0.2, 0.25) is 0 Å². The molecule has 19 heavy (non-hydrogen) atoms. The Labute approximate surface area is 112 Å². The summed E-state index contributed by atoms with van der Waals surface area (Å²) in [6.07, 6.45) is 0.820. The van der Waals surface area contributed by atoms with Crippen LogP contribution in [0.15, 0.2) is 30.3 Å². The first-order valence-electron chi connectivity index (χ1n) is 6.31. The standard InChI is InChI=1S/C14H20N2O3/c1-10(7-8-15)13(17)16-12(14(18)19)9-11-5-3-2-4-6-11/h2-6,10,12H,7-9,15H2,1H3,(H,16,17)(H,18,19). The van der Waals surface area contributed by atoms with Crippen LogP contribution in [0, 0.1) is 5.92 Å². The highest BCUT2D eigenvalue weighted by atomic mass is 16.4. The lowest BCUT2D eigenvalue weighted by Crippen LogP contribution is -2.44. The molecule has 0 spiro atoms. The number of carboxylic acids is 1. The third kappa shape index (κ3) is 5.09. The molecule has 0 saturated heterocycles. The predicted molar refractivity (Wildman–Crippen MR) is 72.5 cm³/mol. The number of aliphatic carboxylic acids is 1. The van der Waals surface area contributed by atoms with E-state index in [9.17, 15) is 9.59 Å². The van der Waals surface area contributed by atoms with E-state index >= 15 is 0 Å². The van der Waals surface area contributed by atoms with Crippen LogP contribution >= 0.6 is 0 Å². The topological polar surface area (TPSA) is 92.4 Å². The van der Waals surface area contributed by atoms with Crippen LogP contribution in [0.25, 0.3) is 0 Å². The Hall–Kier alpha value is -1.88. The number of benzene rings is 1. The Morgan fingerprint density at radius 3 is 2.47 bits per heavy atom. The van der Waals surface area contributed by atoms with Crippen LogP contribution in [-0.4, -0.2) is 29.6 Å². The number of carbonyl (C=O) groups excluding carboxylic acids is 1. The van der Waals surface area contributed by atoms with E-state index in [-0.39, 0.29) is 18.2 Å². The highest BCUT2D eigenvalue weighted by molar-refractivity contribution is 5.84. The molecule has 0 aliphatic carbocycles. The first-order chi connectivity index (χ1) is 9.04. The van der Waals surface area contributed by atoms with Crippen LogP contribution in [-0.2, 0) is 16.0 Å². The van der Waals surface area contributed by atoms with Crippen LogP contribution < -0.4 is 11.1 Å². The van der Waals surface area contributed by atoms with Crippen molar-refractivity contribution in [1.82, 2.24) is 5.32 Å². The van der Waals surface area contributed by atoms with Gasteiger partial charge in [-0.15, -0.1) is 0 Å². The van der Waals surface area contributed by atoms with E-state index in [4.69, 9.17) is 10.8 Å². The van der Waals surface area contributed by atoms with Gasteiger partial charge in [-0.1, -0.05) is 37.3 Å². The second kappa shape index (κ2) is 7.53. The number of rotatable bonds is 7. The average Bonchev–Trinajstić information content (AvgIpc) is 2.39. The highest BCUT2D eigenvalue weighted by Gasteiger charge is 2.22. The summed E-state index contributed by atoms with van der Waals surface area (Å²) in [4.78, 5) is 23.0. The van der Waals surface area contributed by atoms with Crippen molar-refractivity contribution in [2.24, 2.45) is 11.7 Å². The van der Waals surface area contributed by atoms with E-state index in [1.165, 1.54) is 0 Å². The Morgan fingerprint density at radius 1 is 1.32 bits per heavy atom. The normalized spacial score (nSPS) is 13.6. The first-order valence-corrected chi connectivity index (χ1v) is 6.31. The first kappa shape index (κ1) is 15.2. The number of amides is 1. The molecular formula is C14H20N2O3. The molecule has 1 amide bonds. The zero-order valence-corrected chi connectivity index (χ0v) is 11.0. The van der Waals surface area contributed by atoms with Crippen molar-refractivity contribution in [2.75, 3.05) is 6.54 Å². The molecule has 1 aromatic carbocycles. The molecule has 2 atom stereocenters. The number of hydrogen-bond acceptors (Lipinski definition) is 3. The summed E-state index contributed by atoms with van der Waals surface area (Å²) < 4.78 is 0. The molecule has 0 aliphatic heterocycles. The Kier molecular flexibility index (Phi) is 6.02. The Balaban J connectivity index is 2.64. The van der Waals surface area contributed by atoms with E-state index < -0.39 is 12.0 Å². The Morgan fingerprint density at radius 2 is 1.95 bits per heavy atom. The van der Waals surface area contributed by atoms with E-state index in [1.807, 2.05) is 30.3 Å². The lowest BCUT2D eigenvalue weighted by molar-refractivity contribution is -0.142. The molecule has 0 saturated carbocycles. The molecule has 0 fully saturated rings.